The Balaban J connectivity index is 2.12. The quantitative estimate of drug-likeness (QED) is 0.783. The number of amides is 1. The van der Waals surface area contributed by atoms with E-state index in [0.29, 0.717) is 5.56 Å². The van der Waals surface area contributed by atoms with Crippen molar-refractivity contribution in [3.8, 4) is 5.69 Å². The lowest BCUT2D eigenvalue weighted by atomic mass is 10.3. The van der Waals surface area contributed by atoms with Gasteiger partial charge in [0.15, 0.2) is 0 Å². The molecule has 0 bridgehead atoms. The van der Waals surface area contributed by atoms with E-state index in [0.717, 1.165) is 5.69 Å². The third kappa shape index (κ3) is 3.03. The van der Waals surface area contributed by atoms with Gasteiger partial charge in [-0.15, -0.1) is 0 Å². The largest absolute Gasteiger partial charge is 0.468 e. The van der Waals surface area contributed by atoms with Crippen LogP contribution in [0.1, 0.15) is 10.4 Å². The smallest absolute Gasteiger partial charge is 0.325 e. The first-order chi connectivity index (χ1) is 9.61. The Morgan fingerprint density at radius 1 is 1.30 bits per heavy atom. The third-order valence-corrected chi connectivity index (χ3v) is 2.79. The number of hydrogen-bond acceptors (Lipinski definition) is 4. The summed E-state index contributed by atoms with van der Waals surface area (Å²) in [4.78, 5) is 24.5. The molecule has 6 heteroatoms. The second kappa shape index (κ2) is 6.01. The summed E-state index contributed by atoms with van der Waals surface area (Å²) in [5, 5.41) is 4.14. The second-order valence-electron chi connectivity index (χ2n) is 4.25. The molecule has 0 atom stereocenters. The number of methoxy groups -OCH3 is 1. The van der Waals surface area contributed by atoms with Crippen molar-refractivity contribution >= 4 is 11.9 Å². The van der Waals surface area contributed by atoms with Crippen LogP contribution in [0.15, 0.2) is 42.7 Å². The molecule has 0 unspecified atom stereocenters. The fraction of sp³-hybridized carbons (Fsp3) is 0.214. The SMILES string of the molecule is COC(=O)CN(C)C(=O)c1cnn(-c2ccccc2)c1. The Morgan fingerprint density at radius 3 is 2.65 bits per heavy atom. The standard InChI is InChI=1S/C14H15N3O3/c1-16(10-13(18)20-2)14(19)11-8-15-17(9-11)12-6-4-3-5-7-12/h3-9H,10H2,1-2H3. The number of para-hydroxylation sites is 1. The first-order valence-electron chi connectivity index (χ1n) is 6.04. The summed E-state index contributed by atoms with van der Waals surface area (Å²) in [6, 6.07) is 9.46. The zero-order chi connectivity index (χ0) is 14.5. The number of hydrogen-bond donors (Lipinski definition) is 0. The summed E-state index contributed by atoms with van der Waals surface area (Å²) in [6.45, 7) is -0.0914. The Labute approximate surface area is 116 Å². The molecule has 0 saturated heterocycles. The first-order valence-corrected chi connectivity index (χ1v) is 6.04. The molecule has 1 aromatic heterocycles. The molecule has 2 rings (SSSR count). The predicted molar refractivity (Wildman–Crippen MR) is 72.5 cm³/mol. The number of ether oxygens (including phenoxy) is 1. The minimum atomic E-state index is -0.462. The topological polar surface area (TPSA) is 64.4 Å². The summed E-state index contributed by atoms with van der Waals surface area (Å²) < 4.78 is 6.14. The fourth-order valence-corrected chi connectivity index (χ4v) is 1.71. The van der Waals surface area contributed by atoms with Crippen molar-refractivity contribution in [3.63, 3.8) is 0 Å². The van der Waals surface area contributed by atoms with Gasteiger partial charge in [0.05, 0.1) is 24.6 Å². The number of esters is 1. The van der Waals surface area contributed by atoms with Crippen molar-refractivity contribution in [2.24, 2.45) is 0 Å². The molecule has 0 spiro atoms. The van der Waals surface area contributed by atoms with Gasteiger partial charge < -0.3 is 9.64 Å². The van der Waals surface area contributed by atoms with Crippen molar-refractivity contribution in [2.45, 2.75) is 0 Å². The van der Waals surface area contributed by atoms with Crippen molar-refractivity contribution < 1.29 is 14.3 Å². The number of likely N-dealkylation sites (N-methyl/N-ethyl adjacent to an activating group) is 1. The van der Waals surface area contributed by atoms with Crippen LogP contribution in [-0.2, 0) is 9.53 Å². The minimum absolute atomic E-state index is 0.0914. The van der Waals surface area contributed by atoms with Gasteiger partial charge in [-0.3, -0.25) is 9.59 Å². The summed E-state index contributed by atoms with van der Waals surface area (Å²) in [7, 11) is 2.83. The Morgan fingerprint density at radius 2 is 2.00 bits per heavy atom. The number of benzene rings is 1. The van der Waals surface area contributed by atoms with Crippen LogP contribution in [0.25, 0.3) is 5.69 Å². The first kappa shape index (κ1) is 13.8. The lowest BCUT2D eigenvalue weighted by Gasteiger charge is -2.14. The van der Waals surface area contributed by atoms with Crippen molar-refractivity contribution in [3.05, 3.63) is 48.3 Å². The van der Waals surface area contributed by atoms with Crippen molar-refractivity contribution in [1.82, 2.24) is 14.7 Å². The number of aromatic nitrogens is 2. The van der Waals surface area contributed by atoms with Crippen LogP contribution in [0.4, 0.5) is 0 Å². The molecule has 0 fully saturated rings. The van der Waals surface area contributed by atoms with Gasteiger partial charge in [-0.25, -0.2) is 4.68 Å². The molecular weight excluding hydrogens is 258 g/mol. The molecule has 6 nitrogen and oxygen atoms in total. The molecule has 1 aromatic carbocycles. The van der Waals surface area contributed by atoms with E-state index in [9.17, 15) is 9.59 Å². The zero-order valence-electron chi connectivity index (χ0n) is 11.3. The molecule has 0 aliphatic heterocycles. The van der Waals surface area contributed by atoms with Gasteiger partial charge in [-0.2, -0.15) is 5.10 Å². The highest BCUT2D eigenvalue weighted by atomic mass is 16.5. The van der Waals surface area contributed by atoms with E-state index in [4.69, 9.17) is 0 Å². The monoisotopic (exact) mass is 273 g/mol. The number of carbonyl (C=O) groups is 2. The van der Waals surface area contributed by atoms with Crippen LogP contribution >= 0.6 is 0 Å². The number of nitrogens with zero attached hydrogens (tertiary/aromatic N) is 3. The molecule has 20 heavy (non-hydrogen) atoms. The highest BCUT2D eigenvalue weighted by Gasteiger charge is 2.17. The van der Waals surface area contributed by atoms with E-state index in [1.54, 1.807) is 17.9 Å². The molecule has 0 N–H and O–H groups in total. The van der Waals surface area contributed by atoms with Gasteiger partial charge in [0.1, 0.15) is 6.54 Å². The Kier molecular flexibility index (Phi) is 4.14. The molecule has 0 aliphatic carbocycles. The van der Waals surface area contributed by atoms with E-state index >= 15 is 0 Å². The lowest BCUT2D eigenvalue weighted by Crippen LogP contribution is -2.32. The van der Waals surface area contributed by atoms with E-state index in [2.05, 4.69) is 9.84 Å². The molecule has 1 heterocycles. The average molecular weight is 273 g/mol. The van der Waals surface area contributed by atoms with Crippen LogP contribution in [0, 0.1) is 0 Å². The van der Waals surface area contributed by atoms with Gasteiger partial charge in [-0.1, -0.05) is 18.2 Å². The predicted octanol–water partition coefficient (Wildman–Crippen LogP) is 1.12. The highest BCUT2D eigenvalue weighted by Crippen LogP contribution is 2.09. The van der Waals surface area contributed by atoms with Crippen LogP contribution < -0.4 is 0 Å². The zero-order valence-corrected chi connectivity index (χ0v) is 11.3. The molecule has 0 radical (unpaired) electrons. The van der Waals surface area contributed by atoms with Gasteiger partial charge >= 0.3 is 5.97 Å². The van der Waals surface area contributed by atoms with Gasteiger partial charge in [0.25, 0.3) is 5.91 Å². The van der Waals surface area contributed by atoms with E-state index in [1.807, 2.05) is 30.3 Å². The maximum atomic E-state index is 12.1. The summed E-state index contributed by atoms with van der Waals surface area (Å²) in [6.07, 6.45) is 3.11. The van der Waals surface area contributed by atoms with E-state index < -0.39 is 5.97 Å². The van der Waals surface area contributed by atoms with Gasteiger partial charge in [0.2, 0.25) is 0 Å². The summed E-state index contributed by atoms with van der Waals surface area (Å²) in [5.74, 6) is -0.742. The van der Waals surface area contributed by atoms with E-state index in [-0.39, 0.29) is 12.5 Å². The van der Waals surface area contributed by atoms with Crippen LogP contribution in [0.5, 0.6) is 0 Å². The van der Waals surface area contributed by atoms with Crippen LogP contribution in [0.2, 0.25) is 0 Å². The molecule has 104 valence electrons. The van der Waals surface area contributed by atoms with Crippen molar-refractivity contribution in [1.29, 1.82) is 0 Å². The fourth-order valence-electron chi connectivity index (χ4n) is 1.71. The van der Waals surface area contributed by atoms with Gasteiger partial charge in [0, 0.05) is 13.2 Å². The molecule has 0 aliphatic rings. The molecule has 1 amide bonds. The molecular formula is C14H15N3O3. The number of carbonyl (C=O) groups excluding carboxylic acids is 2. The molecule has 2 aromatic rings. The number of rotatable bonds is 4. The van der Waals surface area contributed by atoms with Crippen LogP contribution in [-0.4, -0.2) is 47.3 Å². The maximum absolute atomic E-state index is 12.1. The average Bonchev–Trinajstić information content (AvgIpc) is 2.97. The molecule has 0 saturated carbocycles. The van der Waals surface area contributed by atoms with E-state index in [1.165, 1.54) is 18.2 Å². The van der Waals surface area contributed by atoms with Gasteiger partial charge in [-0.05, 0) is 12.1 Å². The van der Waals surface area contributed by atoms with Crippen LogP contribution in [0.3, 0.4) is 0 Å². The summed E-state index contributed by atoms with van der Waals surface area (Å²) in [5.41, 5.74) is 1.28. The highest BCUT2D eigenvalue weighted by molar-refractivity contribution is 5.95. The lowest BCUT2D eigenvalue weighted by molar-refractivity contribution is -0.141. The minimum Gasteiger partial charge on any atom is -0.468 e. The van der Waals surface area contributed by atoms with Crippen molar-refractivity contribution in [2.75, 3.05) is 20.7 Å². The Bertz CT molecular complexity index is 607. The summed E-state index contributed by atoms with van der Waals surface area (Å²) >= 11 is 0. The Hall–Kier alpha value is -2.63. The maximum Gasteiger partial charge on any atom is 0.325 e. The third-order valence-electron chi connectivity index (χ3n) is 2.79. The normalized spacial score (nSPS) is 10.1. The second-order valence-corrected chi connectivity index (χ2v) is 4.25.